The number of alkyl halides is 3. The van der Waals surface area contributed by atoms with Crippen molar-refractivity contribution in [3.8, 4) is 16.9 Å². The first-order chi connectivity index (χ1) is 14.2. The molecule has 0 amide bonds. The Morgan fingerprint density at radius 2 is 1.40 bits per heavy atom. The zero-order valence-electron chi connectivity index (χ0n) is 15.9. The van der Waals surface area contributed by atoms with Gasteiger partial charge in [0, 0.05) is 12.5 Å². The quantitative estimate of drug-likeness (QED) is 0.400. The van der Waals surface area contributed by atoms with Crippen LogP contribution in [0.1, 0.15) is 28.4 Å². The molecule has 4 nitrogen and oxygen atoms in total. The van der Waals surface area contributed by atoms with Gasteiger partial charge in [0.1, 0.15) is 12.4 Å². The van der Waals surface area contributed by atoms with E-state index in [4.69, 9.17) is 9.47 Å². The highest BCUT2D eigenvalue weighted by atomic mass is 19.4. The van der Waals surface area contributed by atoms with Crippen molar-refractivity contribution in [1.82, 2.24) is 0 Å². The summed E-state index contributed by atoms with van der Waals surface area (Å²) >= 11 is 0. The molecule has 30 heavy (non-hydrogen) atoms. The lowest BCUT2D eigenvalue weighted by atomic mass is 10.0. The van der Waals surface area contributed by atoms with E-state index in [1.165, 1.54) is 37.3 Å². The van der Waals surface area contributed by atoms with Crippen molar-refractivity contribution in [3.63, 3.8) is 0 Å². The van der Waals surface area contributed by atoms with Crippen molar-refractivity contribution in [2.45, 2.75) is 19.7 Å². The molecule has 0 bridgehead atoms. The van der Waals surface area contributed by atoms with Gasteiger partial charge in [-0.05, 0) is 41.5 Å². The fourth-order valence-electron chi connectivity index (χ4n) is 2.83. The zero-order chi connectivity index (χ0) is 21.7. The van der Waals surface area contributed by atoms with Crippen LogP contribution in [-0.4, -0.2) is 11.9 Å². The van der Waals surface area contributed by atoms with Crippen LogP contribution in [-0.2, 0) is 22.3 Å². The van der Waals surface area contributed by atoms with E-state index in [9.17, 15) is 22.8 Å². The molecule has 3 aromatic carbocycles. The van der Waals surface area contributed by atoms with Gasteiger partial charge in [-0.1, -0.05) is 42.5 Å². The number of benzene rings is 3. The van der Waals surface area contributed by atoms with Gasteiger partial charge < -0.3 is 9.47 Å². The average molecular weight is 414 g/mol. The molecule has 0 aliphatic heterocycles. The first kappa shape index (κ1) is 21.1. The molecule has 0 aromatic heterocycles. The minimum atomic E-state index is -4.52. The summed E-state index contributed by atoms with van der Waals surface area (Å²) in [6.45, 7) is 0.835. The molecule has 0 aliphatic carbocycles. The smallest absolute Gasteiger partial charge is 0.416 e. The van der Waals surface area contributed by atoms with Crippen molar-refractivity contribution in [2.75, 3.05) is 0 Å². The van der Waals surface area contributed by atoms with Gasteiger partial charge in [-0.3, -0.25) is 4.79 Å². The first-order valence-electron chi connectivity index (χ1n) is 8.95. The summed E-state index contributed by atoms with van der Waals surface area (Å²) in [5, 5.41) is 0. The molecule has 0 saturated carbocycles. The molecule has 0 heterocycles. The fourth-order valence-corrected chi connectivity index (χ4v) is 2.83. The Hall–Kier alpha value is -3.61. The largest absolute Gasteiger partial charge is 0.457 e. The normalized spacial score (nSPS) is 11.1. The van der Waals surface area contributed by atoms with Gasteiger partial charge in [0.25, 0.3) is 0 Å². The molecule has 0 saturated heterocycles. The Morgan fingerprint density at radius 1 is 0.833 bits per heavy atom. The number of carbonyl (C=O) groups is 2. The molecule has 0 unspecified atom stereocenters. The lowest BCUT2D eigenvalue weighted by molar-refractivity contribution is -0.138. The van der Waals surface area contributed by atoms with Gasteiger partial charge in [0.2, 0.25) is 0 Å². The molecule has 7 heteroatoms. The highest BCUT2D eigenvalue weighted by molar-refractivity contribution is 5.90. The summed E-state index contributed by atoms with van der Waals surface area (Å²) in [4.78, 5) is 23.2. The van der Waals surface area contributed by atoms with Crippen LogP contribution in [0.5, 0.6) is 5.75 Å². The second-order valence-electron chi connectivity index (χ2n) is 6.43. The maximum atomic E-state index is 13.0. The molecule has 0 N–H and O–H groups in total. The highest BCUT2D eigenvalue weighted by Gasteiger charge is 2.33. The number of rotatable bonds is 5. The van der Waals surface area contributed by atoms with Crippen molar-refractivity contribution in [3.05, 3.63) is 89.5 Å². The SMILES string of the molecule is CC(=O)Oc1ccc(-c2ccc(C(=O)OCc3ccccc3C(F)(F)F)cc2)cc1. The first-order valence-corrected chi connectivity index (χ1v) is 8.95. The topological polar surface area (TPSA) is 52.6 Å². The summed E-state index contributed by atoms with van der Waals surface area (Å²) < 4.78 is 49.1. The fraction of sp³-hybridized carbons (Fsp3) is 0.130. The van der Waals surface area contributed by atoms with E-state index >= 15 is 0 Å². The van der Waals surface area contributed by atoms with Crippen LogP contribution < -0.4 is 4.74 Å². The van der Waals surface area contributed by atoms with Crippen LogP contribution >= 0.6 is 0 Å². The van der Waals surface area contributed by atoms with E-state index in [0.29, 0.717) is 5.75 Å². The van der Waals surface area contributed by atoms with E-state index in [0.717, 1.165) is 17.2 Å². The summed E-state index contributed by atoms with van der Waals surface area (Å²) in [7, 11) is 0. The van der Waals surface area contributed by atoms with E-state index in [1.54, 1.807) is 36.4 Å². The number of halogens is 3. The summed E-state index contributed by atoms with van der Waals surface area (Å²) in [6, 6.07) is 18.3. The molecular weight excluding hydrogens is 397 g/mol. The highest BCUT2D eigenvalue weighted by Crippen LogP contribution is 2.32. The summed E-state index contributed by atoms with van der Waals surface area (Å²) in [5.74, 6) is -0.710. The Bertz CT molecular complexity index is 1040. The summed E-state index contributed by atoms with van der Waals surface area (Å²) in [5.41, 5.74) is 0.932. The number of esters is 2. The third-order valence-electron chi connectivity index (χ3n) is 4.25. The third kappa shape index (κ3) is 5.26. The molecule has 0 spiro atoms. The molecule has 0 fully saturated rings. The monoisotopic (exact) mass is 414 g/mol. The van der Waals surface area contributed by atoms with E-state index in [1.807, 2.05) is 0 Å². The molecule has 3 rings (SSSR count). The van der Waals surface area contributed by atoms with Gasteiger partial charge in [-0.15, -0.1) is 0 Å². The van der Waals surface area contributed by atoms with Crippen molar-refractivity contribution in [2.24, 2.45) is 0 Å². The van der Waals surface area contributed by atoms with Crippen LogP contribution in [0.3, 0.4) is 0 Å². The molecule has 0 atom stereocenters. The Kier molecular flexibility index (Phi) is 6.20. The number of hydrogen-bond acceptors (Lipinski definition) is 4. The van der Waals surface area contributed by atoms with Gasteiger partial charge >= 0.3 is 18.1 Å². The predicted octanol–water partition coefficient (Wildman–Crippen LogP) is 5.65. The van der Waals surface area contributed by atoms with Crippen LogP contribution in [0, 0.1) is 0 Å². The van der Waals surface area contributed by atoms with Crippen molar-refractivity contribution in [1.29, 1.82) is 0 Å². The van der Waals surface area contributed by atoms with Gasteiger partial charge in [0.15, 0.2) is 0 Å². The Labute approximate surface area is 170 Å². The van der Waals surface area contributed by atoms with Gasteiger partial charge in [0.05, 0.1) is 11.1 Å². The second kappa shape index (κ2) is 8.82. The van der Waals surface area contributed by atoms with Gasteiger partial charge in [-0.2, -0.15) is 13.2 Å². The number of ether oxygens (including phenoxy) is 2. The second-order valence-corrected chi connectivity index (χ2v) is 6.43. The third-order valence-corrected chi connectivity index (χ3v) is 4.25. The van der Waals surface area contributed by atoms with Gasteiger partial charge in [-0.25, -0.2) is 4.79 Å². The number of hydrogen-bond donors (Lipinski definition) is 0. The van der Waals surface area contributed by atoms with Crippen LogP contribution in [0.4, 0.5) is 13.2 Å². The maximum Gasteiger partial charge on any atom is 0.416 e. The lowest BCUT2D eigenvalue weighted by Gasteiger charge is -2.13. The minimum Gasteiger partial charge on any atom is -0.457 e. The molecule has 0 radical (unpaired) electrons. The Morgan fingerprint density at radius 3 is 1.97 bits per heavy atom. The number of carbonyl (C=O) groups excluding carboxylic acids is 2. The summed E-state index contributed by atoms with van der Waals surface area (Å²) in [6.07, 6.45) is -4.52. The van der Waals surface area contributed by atoms with E-state index < -0.39 is 30.3 Å². The van der Waals surface area contributed by atoms with E-state index in [2.05, 4.69) is 0 Å². The molecular formula is C23H17F3O4. The maximum absolute atomic E-state index is 13.0. The predicted molar refractivity (Wildman–Crippen MR) is 104 cm³/mol. The zero-order valence-corrected chi connectivity index (χ0v) is 15.9. The van der Waals surface area contributed by atoms with Crippen molar-refractivity contribution < 1.29 is 32.2 Å². The Balaban J connectivity index is 1.67. The average Bonchev–Trinajstić information content (AvgIpc) is 2.72. The molecule has 3 aromatic rings. The molecule has 0 aliphatic rings. The van der Waals surface area contributed by atoms with E-state index in [-0.39, 0.29) is 11.1 Å². The van der Waals surface area contributed by atoms with Crippen LogP contribution in [0.2, 0.25) is 0 Å². The van der Waals surface area contributed by atoms with Crippen LogP contribution in [0.15, 0.2) is 72.8 Å². The van der Waals surface area contributed by atoms with Crippen LogP contribution in [0.25, 0.3) is 11.1 Å². The lowest BCUT2D eigenvalue weighted by Crippen LogP contribution is -2.12. The minimum absolute atomic E-state index is 0.108. The van der Waals surface area contributed by atoms with Crippen molar-refractivity contribution >= 4 is 11.9 Å². The molecule has 154 valence electrons. The standard InChI is InChI=1S/C23H17F3O4/c1-15(27)30-20-12-10-17(11-13-20)16-6-8-18(9-7-16)22(28)29-14-19-4-2-3-5-21(19)23(24,25)26/h2-13H,14H2,1H3.